The van der Waals surface area contributed by atoms with Crippen molar-refractivity contribution < 1.29 is 0 Å². The predicted molar refractivity (Wildman–Crippen MR) is 280 cm³/mol. The molecular formula is C63H42N4. The van der Waals surface area contributed by atoms with E-state index < -0.39 is 0 Å². The highest BCUT2D eigenvalue weighted by Gasteiger charge is 2.35. The highest BCUT2D eigenvalue weighted by molar-refractivity contribution is 6.15. The van der Waals surface area contributed by atoms with Gasteiger partial charge in [0.2, 0.25) is 5.95 Å². The quantitative estimate of drug-likeness (QED) is 0.173. The Bertz CT molecular complexity index is 4170. The first-order chi connectivity index (χ1) is 33.0. The zero-order chi connectivity index (χ0) is 44.4. The van der Waals surface area contributed by atoms with E-state index in [2.05, 4.69) is 241 Å². The number of aromatic nitrogens is 4. The van der Waals surface area contributed by atoms with Gasteiger partial charge in [-0.2, -0.15) is 0 Å². The Morgan fingerprint density at radius 3 is 1.72 bits per heavy atom. The standard InChI is InChI=1S/C63H42N4/c1-63(2)54-21-11-8-18-47(54)48-31-28-45(35-55(48)63)61-52-20-9-12-22-56(52)64-62(65-61)67-59-38-44(27-33-51(59)53-34-41-16-6-7-17-42(41)36-60(53)67)43-26-32-50-49-19-10-13-23-57(49)66(58(50)37-43)46-29-24-40(25-30-46)39-14-4-3-5-15-39/h3-38H,1-2H3. The molecule has 0 saturated heterocycles. The second kappa shape index (κ2) is 14.2. The topological polar surface area (TPSA) is 35.6 Å². The summed E-state index contributed by atoms with van der Waals surface area (Å²) in [7, 11) is 0. The van der Waals surface area contributed by atoms with Gasteiger partial charge < -0.3 is 4.57 Å². The van der Waals surface area contributed by atoms with Gasteiger partial charge in [0, 0.05) is 43.6 Å². The number of hydrogen-bond donors (Lipinski definition) is 0. The molecule has 0 aliphatic heterocycles. The van der Waals surface area contributed by atoms with Crippen molar-refractivity contribution in [2.45, 2.75) is 19.3 Å². The Hall–Kier alpha value is -8.60. The molecule has 1 aliphatic carbocycles. The van der Waals surface area contributed by atoms with E-state index in [1.807, 2.05) is 0 Å². The minimum absolute atomic E-state index is 0.137. The van der Waals surface area contributed by atoms with Crippen LogP contribution in [0, 0.1) is 0 Å². The van der Waals surface area contributed by atoms with Crippen LogP contribution in [0.2, 0.25) is 0 Å². The van der Waals surface area contributed by atoms with Crippen LogP contribution in [0.1, 0.15) is 25.0 Å². The fourth-order valence-corrected chi connectivity index (χ4v) is 11.2. The Kier molecular flexibility index (Phi) is 8.00. The second-order valence-electron chi connectivity index (χ2n) is 18.6. The van der Waals surface area contributed by atoms with Gasteiger partial charge in [0.05, 0.1) is 33.3 Å². The van der Waals surface area contributed by atoms with Crippen LogP contribution in [0.5, 0.6) is 0 Å². The molecule has 0 saturated carbocycles. The molecule has 67 heavy (non-hydrogen) atoms. The third-order valence-electron chi connectivity index (χ3n) is 14.5. The molecule has 14 rings (SSSR count). The number of hydrogen-bond acceptors (Lipinski definition) is 2. The lowest BCUT2D eigenvalue weighted by atomic mass is 9.82. The molecule has 0 atom stereocenters. The highest BCUT2D eigenvalue weighted by atomic mass is 15.2. The number of nitrogens with zero attached hydrogens (tertiary/aromatic N) is 4. The lowest BCUT2D eigenvalue weighted by molar-refractivity contribution is 0.660. The molecule has 3 aromatic heterocycles. The molecular weight excluding hydrogens is 813 g/mol. The lowest BCUT2D eigenvalue weighted by Gasteiger charge is -2.22. The van der Waals surface area contributed by atoms with Crippen LogP contribution in [0.3, 0.4) is 0 Å². The summed E-state index contributed by atoms with van der Waals surface area (Å²) in [6.45, 7) is 4.68. The maximum atomic E-state index is 5.60. The molecule has 0 radical (unpaired) electrons. The highest BCUT2D eigenvalue weighted by Crippen LogP contribution is 2.50. The van der Waals surface area contributed by atoms with Gasteiger partial charge >= 0.3 is 0 Å². The van der Waals surface area contributed by atoms with Gasteiger partial charge in [-0.25, -0.2) is 9.97 Å². The maximum Gasteiger partial charge on any atom is 0.235 e. The van der Waals surface area contributed by atoms with Crippen molar-refractivity contribution in [3.05, 3.63) is 230 Å². The summed E-state index contributed by atoms with van der Waals surface area (Å²) in [5.41, 5.74) is 18.4. The summed E-state index contributed by atoms with van der Waals surface area (Å²) in [6.07, 6.45) is 0. The lowest BCUT2D eigenvalue weighted by Crippen LogP contribution is -2.15. The molecule has 0 unspecified atom stereocenters. The molecule has 0 spiro atoms. The molecule has 0 bridgehead atoms. The van der Waals surface area contributed by atoms with Crippen molar-refractivity contribution >= 4 is 65.3 Å². The van der Waals surface area contributed by atoms with E-state index in [1.54, 1.807) is 0 Å². The van der Waals surface area contributed by atoms with Gasteiger partial charge in [-0.05, 0) is 110 Å². The largest absolute Gasteiger partial charge is 0.309 e. The Morgan fingerprint density at radius 2 is 0.910 bits per heavy atom. The van der Waals surface area contributed by atoms with Crippen molar-refractivity contribution in [2.24, 2.45) is 0 Å². The van der Waals surface area contributed by atoms with Crippen LogP contribution >= 0.6 is 0 Å². The summed E-state index contributed by atoms with van der Waals surface area (Å²) < 4.78 is 4.71. The van der Waals surface area contributed by atoms with Gasteiger partial charge in [-0.15, -0.1) is 0 Å². The zero-order valence-corrected chi connectivity index (χ0v) is 37.1. The number of para-hydroxylation sites is 2. The van der Waals surface area contributed by atoms with Crippen LogP contribution in [0.15, 0.2) is 218 Å². The third kappa shape index (κ3) is 5.66. The van der Waals surface area contributed by atoms with Gasteiger partial charge in [-0.1, -0.05) is 178 Å². The fraction of sp³-hybridized carbons (Fsp3) is 0.0476. The average molecular weight is 855 g/mol. The van der Waals surface area contributed by atoms with E-state index in [4.69, 9.17) is 9.97 Å². The predicted octanol–water partition coefficient (Wildman–Crippen LogP) is 16.3. The number of fused-ring (bicyclic) bond motifs is 11. The van der Waals surface area contributed by atoms with Crippen molar-refractivity contribution in [2.75, 3.05) is 0 Å². The molecule has 13 aromatic rings. The van der Waals surface area contributed by atoms with Gasteiger partial charge in [0.15, 0.2) is 0 Å². The summed E-state index contributed by atoms with van der Waals surface area (Å²) in [4.78, 5) is 11.0. The molecule has 0 N–H and O–H groups in total. The molecule has 314 valence electrons. The smallest absolute Gasteiger partial charge is 0.235 e. The Morgan fingerprint density at radius 1 is 0.343 bits per heavy atom. The van der Waals surface area contributed by atoms with Gasteiger partial charge in [0.25, 0.3) is 0 Å². The molecule has 1 aliphatic rings. The Balaban J connectivity index is 0.977. The summed E-state index contributed by atoms with van der Waals surface area (Å²) in [5.74, 6) is 0.652. The van der Waals surface area contributed by atoms with Crippen LogP contribution in [-0.4, -0.2) is 19.1 Å². The van der Waals surface area contributed by atoms with E-state index >= 15 is 0 Å². The van der Waals surface area contributed by atoms with Crippen molar-refractivity contribution in [3.8, 4) is 56.3 Å². The monoisotopic (exact) mass is 854 g/mol. The van der Waals surface area contributed by atoms with Crippen molar-refractivity contribution in [1.29, 1.82) is 0 Å². The zero-order valence-electron chi connectivity index (χ0n) is 37.1. The SMILES string of the molecule is CC1(C)c2ccccc2-c2ccc(-c3nc(-n4c5cc(-c6ccc7c8ccccc8n(-c8ccc(-c9ccccc9)cc8)c7c6)ccc5c5cc6ccccc6cc54)nc4ccccc34)cc21. The minimum atomic E-state index is -0.137. The van der Waals surface area contributed by atoms with Crippen molar-refractivity contribution in [3.63, 3.8) is 0 Å². The molecule has 3 heterocycles. The second-order valence-corrected chi connectivity index (χ2v) is 18.6. The summed E-state index contributed by atoms with van der Waals surface area (Å²) >= 11 is 0. The normalized spacial score (nSPS) is 13.0. The molecule has 0 fully saturated rings. The molecule has 10 aromatic carbocycles. The first kappa shape index (κ1) is 37.7. The van der Waals surface area contributed by atoms with Crippen LogP contribution in [0.4, 0.5) is 0 Å². The average Bonchev–Trinajstić information content (AvgIpc) is 3.97. The molecule has 4 heteroatoms. The third-order valence-corrected chi connectivity index (χ3v) is 14.5. The van der Waals surface area contributed by atoms with Crippen molar-refractivity contribution in [1.82, 2.24) is 19.1 Å². The van der Waals surface area contributed by atoms with E-state index in [0.717, 1.165) is 55.4 Å². The van der Waals surface area contributed by atoms with Crippen LogP contribution in [0.25, 0.3) is 122 Å². The summed E-state index contributed by atoms with van der Waals surface area (Å²) in [6, 6.07) is 79.6. The van der Waals surface area contributed by atoms with Gasteiger partial charge in [-0.3, -0.25) is 4.57 Å². The number of benzene rings is 10. The van der Waals surface area contributed by atoms with E-state index in [0.29, 0.717) is 5.95 Å². The fourth-order valence-electron chi connectivity index (χ4n) is 11.2. The van der Waals surface area contributed by atoms with Gasteiger partial charge in [0.1, 0.15) is 0 Å². The van der Waals surface area contributed by atoms with Crippen LogP contribution in [-0.2, 0) is 5.41 Å². The van der Waals surface area contributed by atoms with E-state index in [-0.39, 0.29) is 5.41 Å². The number of rotatable bonds is 5. The first-order valence-corrected chi connectivity index (χ1v) is 23.1. The Labute approximate surface area is 387 Å². The van der Waals surface area contributed by atoms with Crippen LogP contribution < -0.4 is 0 Å². The minimum Gasteiger partial charge on any atom is -0.309 e. The molecule has 4 nitrogen and oxygen atoms in total. The molecule has 0 amide bonds. The first-order valence-electron chi connectivity index (χ1n) is 23.1. The van der Waals surface area contributed by atoms with E-state index in [9.17, 15) is 0 Å². The van der Waals surface area contributed by atoms with E-state index in [1.165, 1.54) is 71.3 Å². The summed E-state index contributed by atoms with van der Waals surface area (Å²) in [5, 5.41) is 8.21. The maximum absolute atomic E-state index is 5.60.